The highest BCUT2D eigenvalue weighted by Gasteiger charge is 2.26. The molecule has 1 fully saturated rings. The molecular formula is C14H21N3O3. The van der Waals surface area contributed by atoms with Crippen molar-refractivity contribution in [2.75, 3.05) is 5.32 Å². The van der Waals surface area contributed by atoms with E-state index in [1.165, 1.54) is 0 Å². The second-order valence-electron chi connectivity index (χ2n) is 5.31. The smallest absolute Gasteiger partial charge is 0.306 e. The van der Waals surface area contributed by atoms with E-state index in [2.05, 4.69) is 10.3 Å². The number of rotatable bonds is 5. The molecule has 0 aliphatic heterocycles. The van der Waals surface area contributed by atoms with Crippen LogP contribution in [0.5, 0.6) is 0 Å². The molecule has 1 aliphatic carbocycles. The van der Waals surface area contributed by atoms with Crippen molar-refractivity contribution < 1.29 is 9.90 Å². The number of aromatic nitrogens is 2. The second-order valence-corrected chi connectivity index (χ2v) is 5.31. The third-order valence-electron chi connectivity index (χ3n) is 3.80. The van der Waals surface area contributed by atoms with Crippen LogP contribution < -0.4 is 10.9 Å². The van der Waals surface area contributed by atoms with Gasteiger partial charge in [-0.2, -0.15) is 0 Å². The fourth-order valence-electron chi connectivity index (χ4n) is 2.64. The van der Waals surface area contributed by atoms with Crippen LogP contribution in [0.25, 0.3) is 0 Å². The topological polar surface area (TPSA) is 84.2 Å². The van der Waals surface area contributed by atoms with Gasteiger partial charge >= 0.3 is 5.97 Å². The van der Waals surface area contributed by atoms with Gasteiger partial charge in [-0.25, -0.2) is 4.98 Å². The van der Waals surface area contributed by atoms with Gasteiger partial charge in [-0.3, -0.25) is 9.59 Å². The molecule has 6 nitrogen and oxygen atoms in total. The van der Waals surface area contributed by atoms with Crippen LogP contribution >= 0.6 is 0 Å². The molecule has 0 amide bonds. The van der Waals surface area contributed by atoms with Crippen LogP contribution in [0.4, 0.5) is 5.82 Å². The first-order valence-corrected chi connectivity index (χ1v) is 7.16. The third-order valence-corrected chi connectivity index (χ3v) is 3.80. The fourth-order valence-corrected chi connectivity index (χ4v) is 2.64. The molecular weight excluding hydrogens is 258 g/mol. The lowest BCUT2D eigenvalue weighted by Gasteiger charge is -2.27. The molecule has 2 N–H and O–H groups in total. The van der Waals surface area contributed by atoms with Crippen molar-refractivity contribution in [3.05, 3.63) is 22.7 Å². The van der Waals surface area contributed by atoms with Crippen LogP contribution in [0, 0.1) is 5.92 Å². The van der Waals surface area contributed by atoms with Crippen LogP contribution in [-0.2, 0) is 11.3 Å². The van der Waals surface area contributed by atoms with Crippen molar-refractivity contribution in [2.45, 2.75) is 51.6 Å². The first-order valence-electron chi connectivity index (χ1n) is 7.16. The van der Waals surface area contributed by atoms with E-state index in [0.717, 1.165) is 19.3 Å². The molecule has 0 radical (unpaired) electrons. The van der Waals surface area contributed by atoms with Gasteiger partial charge < -0.3 is 15.0 Å². The fraction of sp³-hybridized carbons (Fsp3) is 0.643. The Morgan fingerprint density at radius 3 is 2.75 bits per heavy atom. The lowest BCUT2D eigenvalue weighted by atomic mass is 9.86. The average Bonchev–Trinajstić information content (AvgIpc) is 2.44. The molecule has 1 aromatic rings. The van der Waals surface area contributed by atoms with Gasteiger partial charge in [-0.15, -0.1) is 0 Å². The summed E-state index contributed by atoms with van der Waals surface area (Å²) in [5, 5.41) is 12.1. The first kappa shape index (κ1) is 14.6. The zero-order valence-corrected chi connectivity index (χ0v) is 11.7. The number of nitrogens with one attached hydrogen (secondary N) is 1. The van der Waals surface area contributed by atoms with Gasteiger partial charge in [-0.1, -0.05) is 6.92 Å². The van der Waals surface area contributed by atoms with Crippen LogP contribution in [0.3, 0.4) is 0 Å². The van der Waals surface area contributed by atoms with E-state index in [-0.39, 0.29) is 17.5 Å². The first-order chi connectivity index (χ1) is 9.61. The molecule has 0 saturated heterocycles. The Morgan fingerprint density at radius 1 is 1.45 bits per heavy atom. The van der Waals surface area contributed by atoms with E-state index in [1.54, 1.807) is 17.0 Å². The summed E-state index contributed by atoms with van der Waals surface area (Å²) in [4.78, 5) is 27.2. The average molecular weight is 279 g/mol. The number of anilines is 1. The Morgan fingerprint density at radius 2 is 2.15 bits per heavy atom. The number of hydrogen-bond donors (Lipinski definition) is 2. The largest absolute Gasteiger partial charge is 0.481 e. The number of hydrogen-bond acceptors (Lipinski definition) is 4. The van der Waals surface area contributed by atoms with Crippen molar-refractivity contribution in [1.29, 1.82) is 0 Å². The Labute approximate surface area is 117 Å². The summed E-state index contributed by atoms with van der Waals surface area (Å²) in [6.07, 6.45) is 7.06. The van der Waals surface area contributed by atoms with Crippen molar-refractivity contribution in [3.63, 3.8) is 0 Å². The van der Waals surface area contributed by atoms with Gasteiger partial charge in [0.1, 0.15) is 0 Å². The monoisotopic (exact) mass is 279 g/mol. The number of nitrogens with zero attached hydrogens (tertiary/aromatic N) is 2. The molecule has 0 atom stereocenters. The maximum absolute atomic E-state index is 12.1. The number of aryl methyl sites for hydroxylation is 1. The Bertz CT molecular complexity index is 519. The van der Waals surface area contributed by atoms with Crippen molar-refractivity contribution >= 4 is 11.8 Å². The molecule has 1 heterocycles. The van der Waals surface area contributed by atoms with E-state index < -0.39 is 5.97 Å². The molecule has 1 aromatic heterocycles. The zero-order valence-electron chi connectivity index (χ0n) is 11.7. The van der Waals surface area contributed by atoms with Crippen molar-refractivity contribution in [3.8, 4) is 0 Å². The van der Waals surface area contributed by atoms with Crippen LogP contribution in [0.1, 0.15) is 39.0 Å². The summed E-state index contributed by atoms with van der Waals surface area (Å²) >= 11 is 0. The number of aliphatic carboxylic acids is 1. The number of carboxylic acids is 1. The lowest BCUT2D eigenvalue weighted by molar-refractivity contribution is -0.142. The summed E-state index contributed by atoms with van der Waals surface area (Å²) in [7, 11) is 0. The van der Waals surface area contributed by atoms with Crippen LogP contribution in [-0.4, -0.2) is 26.7 Å². The van der Waals surface area contributed by atoms with Crippen molar-refractivity contribution in [1.82, 2.24) is 9.55 Å². The zero-order chi connectivity index (χ0) is 14.5. The lowest BCUT2D eigenvalue weighted by Crippen LogP contribution is -2.33. The second kappa shape index (κ2) is 6.54. The molecule has 20 heavy (non-hydrogen) atoms. The molecule has 110 valence electrons. The highest BCUT2D eigenvalue weighted by atomic mass is 16.4. The standard InChI is InChI=1S/C14H21N3O3/c1-2-8-17-9-7-15-12(13(17)18)16-11-5-3-10(4-6-11)14(19)20/h7,9-11H,2-6,8H2,1H3,(H,15,16)(H,19,20). The molecule has 1 saturated carbocycles. The predicted octanol–water partition coefficient (Wildman–Crippen LogP) is 1.71. The van der Waals surface area contributed by atoms with Gasteiger partial charge in [0.05, 0.1) is 5.92 Å². The van der Waals surface area contributed by atoms with Gasteiger partial charge in [-0.05, 0) is 32.1 Å². The van der Waals surface area contributed by atoms with Crippen molar-refractivity contribution in [2.24, 2.45) is 5.92 Å². The van der Waals surface area contributed by atoms with Gasteiger partial charge in [0, 0.05) is 25.0 Å². The maximum Gasteiger partial charge on any atom is 0.306 e. The van der Waals surface area contributed by atoms with Crippen LogP contribution in [0.2, 0.25) is 0 Å². The molecule has 2 rings (SSSR count). The van der Waals surface area contributed by atoms with Gasteiger partial charge in [0.25, 0.3) is 5.56 Å². The Hall–Kier alpha value is -1.85. The highest BCUT2D eigenvalue weighted by molar-refractivity contribution is 5.70. The Kier molecular flexibility index (Phi) is 4.76. The molecule has 0 bridgehead atoms. The van der Waals surface area contributed by atoms with Crippen LogP contribution in [0.15, 0.2) is 17.2 Å². The molecule has 0 aromatic carbocycles. The van der Waals surface area contributed by atoms with E-state index >= 15 is 0 Å². The molecule has 0 spiro atoms. The maximum atomic E-state index is 12.1. The quantitative estimate of drug-likeness (QED) is 0.857. The molecule has 6 heteroatoms. The molecule has 0 unspecified atom stereocenters. The normalized spacial score (nSPS) is 22.4. The molecule has 1 aliphatic rings. The van der Waals surface area contributed by atoms with Gasteiger partial charge in [0.2, 0.25) is 0 Å². The third kappa shape index (κ3) is 3.37. The van der Waals surface area contributed by atoms with E-state index in [1.807, 2.05) is 6.92 Å². The summed E-state index contributed by atoms with van der Waals surface area (Å²) in [6.45, 7) is 2.70. The number of carboxylic acid groups (broad SMARTS) is 1. The minimum atomic E-state index is -0.716. The number of carbonyl (C=O) groups is 1. The summed E-state index contributed by atoms with van der Waals surface area (Å²) in [6, 6.07) is 0.142. The minimum Gasteiger partial charge on any atom is -0.481 e. The van der Waals surface area contributed by atoms with E-state index in [4.69, 9.17) is 5.11 Å². The minimum absolute atomic E-state index is 0.102. The van der Waals surface area contributed by atoms with E-state index in [9.17, 15) is 9.59 Å². The summed E-state index contributed by atoms with van der Waals surface area (Å²) in [5.74, 6) is -0.583. The SMILES string of the molecule is CCCn1ccnc(NC2CCC(C(=O)O)CC2)c1=O. The summed E-state index contributed by atoms with van der Waals surface area (Å²) in [5.41, 5.74) is -0.102. The predicted molar refractivity (Wildman–Crippen MR) is 75.8 cm³/mol. The van der Waals surface area contributed by atoms with E-state index in [0.29, 0.717) is 25.2 Å². The highest BCUT2D eigenvalue weighted by Crippen LogP contribution is 2.25. The van der Waals surface area contributed by atoms with Gasteiger partial charge in [0.15, 0.2) is 5.82 Å². The Balaban J connectivity index is 1.99. The summed E-state index contributed by atoms with van der Waals surface area (Å²) < 4.78 is 1.65.